The molecule has 0 amide bonds. The molecule has 0 spiro atoms. The largest absolute Gasteiger partial charge is 0.516 e. The number of ether oxygens (including phenoxy) is 3. The van der Waals surface area contributed by atoms with E-state index in [9.17, 15) is 9.59 Å². The highest BCUT2D eigenvalue weighted by atomic mass is 16.7. The van der Waals surface area contributed by atoms with Crippen LogP contribution in [0.5, 0.6) is 0 Å². The summed E-state index contributed by atoms with van der Waals surface area (Å²) in [6.07, 6.45) is -1.95. The molecule has 0 heterocycles. The number of benzene rings is 5. The molecule has 0 aromatic heterocycles. The summed E-state index contributed by atoms with van der Waals surface area (Å²) in [5.41, 5.74) is 12.2. The summed E-state index contributed by atoms with van der Waals surface area (Å²) in [7, 11) is 0. The topological polar surface area (TPSA) is 87.9 Å². The third-order valence-electron chi connectivity index (χ3n) is 8.20. The number of esters is 1. The molecule has 0 fully saturated rings. The van der Waals surface area contributed by atoms with E-state index in [-0.39, 0.29) is 12.5 Å². The molecule has 6 heteroatoms. The normalized spacial score (nSPS) is 13.8. The van der Waals surface area contributed by atoms with E-state index in [0.717, 1.165) is 38.9 Å². The molecule has 1 aliphatic carbocycles. The minimum Gasteiger partial charge on any atom is -0.433 e. The van der Waals surface area contributed by atoms with Crippen LogP contribution >= 0.6 is 0 Å². The van der Waals surface area contributed by atoms with Gasteiger partial charge in [-0.05, 0) is 45.9 Å². The summed E-state index contributed by atoms with van der Waals surface area (Å²) in [4.78, 5) is 25.9. The zero-order valence-corrected chi connectivity index (χ0v) is 24.3. The first-order chi connectivity index (χ1) is 21.5. The Hall–Kier alpha value is -5.04. The van der Waals surface area contributed by atoms with Crippen LogP contribution in [0.1, 0.15) is 40.7 Å². The Morgan fingerprint density at radius 3 is 1.52 bits per heavy atom. The van der Waals surface area contributed by atoms with Crippen LogP contribution in [0.25, 0.3) is 11.1 Å². The highest BCUT2D eigenvalue weighted by molar-refractivity contribution is 5.86. The lowest BCUT2D eigenvalue weighted by atomic mass is 9.79. The number of rotatable bonds is 9. The monoisotopic (exact) mass is 583 g/mol. The maximum absolute atomic E-state index is 13.2. The molecule has 0 bridgehead atoms. The molecule has 6 nitrogen and oxygen atoms in total. The molecular formula is C38H33NO5. The third kappa shape index (κ3) is 5.53. The van der Waals surface area contributed by atoms with Gasteiger partial charge in [-0.25, -0.2) is 9.59 Å². The number of carbonyl (C=O) groups excluding carboxylic acids is 2. The summed E-state index contributed by atoms with van der Waals surface area (Å²) < 4.78 is 17.4. The molecule has 0 saturated carbocycles. The van der Waals surface area contributed by atoms with Crippen molar-refractivity contribution in [3.05, 3.63) is 167 Å². The summed E-state index contributed by atoms with van der Waals surface area (Å²) in [5.74, 6) is -1.10. The van der Waals surface area contributed by atoms with Crippen LogP contribution in [0.3, 0.4) is 0 Å². The van der Waals surface area contributed by atoms with Crippen LogP contribution < -0.4 is 5.73 Å². The number of hydrogen-bond donors (Lipinski definition) is 1. The molecule has 2 N–H and O–H groups in total. The van der Waals surface area contributed by atoms with Crippen molar-refractivity contribution in [3.63, 3.8) is 0 Å². The van der Waals surface area contributed by atoms with Gasteiger partial charge in [0.1, 0.15) is 18.2 Å². The molecule has 44 heavy (non-hydrogen) atoms. The molecule has 6 rings (SSSR count). The van der Waals surface area contributed by atoms with Crippen molar-refractivity contribution in [2.24, 2.45) is 5.73 Å². The molecule has 220 valence electrons. The number of carbonyl (C=O) groups is 2. The van der Waals surface area contributed by atoms with Gasteiger partial charge in [0.2, 0.25) is 0 Å². The SMILES string of the molecule is C[C@@H](OC(c1ccccc1)(c1ccccc1)c1ccccc1)[C@H](N)C(=O)OC(=O)OCC1c2ccccc2-c2ccccc21. The van der Waals surface area contributed by atoms with E-state index in [1.165, 1.54) is 0 Å². The fourth-order valence-corrected chi connectivity index (χ4v) is 6.04. The molecule has 5 aromatic carbocycles. The van der Waals surface area contributed by atoms with Crippen LogP contribution in [-0.4, -0.2) is 30.9 Å². The molecular weight excluding hydrogens is 550 g/mol. The smallest absolute Gasteiger partial charge is 0.433 e. The van der Waals surface area contributed by atoms with E-state index in [1.54, 1.807) is 6.92 Å². The number of fused-ring (bicyclic) bond motifs is 3. The van der Waals surface area contributed by atoms with Crippen molar-refractivity contribution in [2.75, 3.05) is 6.61 Å². The molecule has 0 saturated heterocycles. The summed E-state index contributed by atoms with van der Waals surface area (Å²) in [6.45, 7) is 1.73. The van der Waals surface area contributed by atoms with Gasteiger partial charge >= 0.3 is 12.1 Å². The van der Waals surface area contributed by atoms with Crippen molar-refractivity contribution < 1.29 is 23.8 Å². The van der Waals surface area contributed by atoms with Gasteiger partial charge in [-0.2, -0.15) is 0 Å². The van der Waals surface area contributed by atoms with Crippen LogP contribution in [0, 0.1) is 0 Å². The number of hydrogen-bond acceptors (Lipinski definition) is 6. The van der Waals surface area contributed by atoms with E-state index in [2.05, 4.69) is 12.1 Å². The van der Waals surface area contributed by atoms with Crippen LogP contribution in [-0.2, 0) is 24.6 Å². The second kappa shape index (κ2) is 12.7. The first-order valence-corrected chi connectivity index (χ1v) is 14.7. The highest BCUT2D eigenvalue weighted by Crippen LogP contribution is 2.45. The summed E-state index contributed by atoms with van der Waals surface area (Å²) in [5, 5.41) is 0. The van der Waals surface area contributed by atoms with Gasteiger partial charge in [-0.1, -0.05) is 140 Å². The molecule has 1 aliphatic rings. The minimum atomic E-state index is -1.27. The second-order valence-corrected chi connectivity index (χ2v) is 10.8. The summed E-state index contributed by atoms with van der Waals surface area (Å²) >= 11 is 0. The first-order valence-electron chi connectivity index (χ1n) is 14.7. The third-order valence-corrected chi connectivity index (χ3v) is 8.20. The van der Waals surface area contributed by atoms with E-state index in [4.69, 9.17) is 19.9 Å². The van der Waals surface area contributed by atoms with E-state index in [1.807, 2.05) is 127 Å². The average Bonchev–Trinajstić information content (AvgIpc) is 3.40. The molecule has 2 atom stereocenters. The van der Waals surface area contributed by atoms with Gasteiger partial charge in [0.15, 0.2) is 0 Å². The van der Waals surface area contributed by atoms with Crippen molar-refractivity contribution in [2.45, 2.75) is 30.6 Å². The van der Waals surface area contributed by atoms with Crippen molar-refractivity contribution >= 4 is 12.1 Å². The van der Waals surface area contributed by atoms with Gasteiger partial charge in [0.05, 0.1) is 6.10 Å². The fraction of sp³-hybridized carbons (Fsp3) is 0.158. The second-order valence-electron chi connectivity index (χ2n) is 10.8. The Bertz CT molecular complexity index is 1600. The average molecular weight is 584 g/mol. The van der Waals surface area contributed by atoms with Crippen LogP contribution in [0.4, 0.5) is 4.79 Å². The Morgan fingerprint density at radius 2 is 1.07 bits per heavy atom. The van der Waals surface area contributed by atoms with Gasteiger partial charge in [-0.3, -0.25) is 0 Å². The van der Waals surface area contributed by atoms with E-state index in [0.29, 0.717) is 0 Å². The lowest BCUT2D eigenvalue weighted by Gasteiger charge is -2.39. The molecule has 0 radical (unpaired) electrons. The minimum absolute atomic E-state index is 0.0283. The highest BCUT2D eigenvalue weighted by Gasteiger charge is 2.41. The quantitative estimate of drug-likeness (QED) is 0.112. The molecule has 0 unspecified atom stereocenters. The predicted octanol–water partition coefficient (Wildman–Crippen LogP) is 7.20. The van der Waals surface area contributed by atoms with E-state index < -0.39 is 29.9 Å². The molecule has 5 aromatic rings. The van der Waals surface area contributed by atoms with Gasteiger partial charge in [0.25, 0.3) is 0 Å². The maximum Gasteiger partial charge on any atom is 0.516 e. The molecule has 0 aliphatic heterocycles. The summed E-state index contributed by atoms with van der Waals surface area (Å²) in [6, 6.07) is 44.1. The van der Waals surface area contributed by atoms with Crippen molar-refractivity contribution in [1.82, 2.24) is 0 Å². The lowest BCUT2D eigenvalue weighted by molar-refractivity contribution is -0.147. The number of nitrogens with two attached hydrogens (primary N) is 1. The zero-order valence-electron chi connectivity index (χ0n) is 24.3. The lowest BCUT2D eigenvalue weighted by Crippen LogP contribution is -2.48. The van der Waals surface area contributed by atoms with Gasteiger partial charge in [-0.15, -0.1) is 0 Å². The van der Waals surface area contributed by atoms with Crippen LogP contribution in [0.15, 0.2) is 140 Å². The maximum atomic E-state index is 13.2. The Balaban J connectivity index is 1.19. The van der Waals surface area contributed by atoms with E-state index >= 15 is 0 Å². The van der Waals surface area contributed by atoms with Crippen molar-refractivity contribution in [3.8, 4) is 11.1 Å². The predicted molar refractivity (Wildman–Crippen MR) is 169 cm³/mol. The Labute approximate surface area is 257 Å². The van der Waals surface area contributed by atoms with Gasteiger partial charge in [0, 0.05) is 5.92 Å². The fourth-order valence-electron chi connectivity index (χ4n) is 6.04. The Kier molecular flexibility index (Phi) is 8.37. The zero-order chi connectivity index (χ0) is 30.5. The Morgan fingerprint density at radius 1 is 0.659 bits per heavy atom. The van der Waals surface area contributed by atoms with Crippen molar-refractivity contribution in [1.29, 1.82) is 0 Å². The van der Waals surface area contributed by atoms with Crippen LogP contribution in [0.2, 0.25) is 0 Å². The first kappa shape index (κ1) is 29.1. The standard InChI is InChI=1S/C38H33NO5/c1-26(44-38(27-15-5-2-6-16-27,28-17-7-3-8-18-28)29-19-9-4-10-20-29)35(39)36(40)43-37(41)42-25-34-32-23-13-11-21-30(32)31-22-12-14-24-33(31)34/h2-24,26,34-35H,25,39H2,1H3/t26-,35+/m1/s1. The van der Waals surface area contributed by atoms with Gasteiger partial charge < -0.3 is 19.9 Å².